The molecule has 46 heavy (non-hydrogen) atoms. The summed E-state index contributed by atoms with van der Waals surface area (Å²) >= 11 is 0. The number of piperidine rings is 3. The summed E-state index contributed by atoms with van der Waals surface area (Å²) in [6, 6.07) is 37.2. The first-order valence-corrected chi connectivity index (χ1v) is 16.2. The Balaban J connectivity index is 1.30. The maximum atomic E-state index is 14.7. The number of hydrogen-bond donors (Lipinski definition) is 3. The van der Waals surface area contributed by atoms with E-state index in [1.165, 1.54) is 0 Å². The Morgan fingerprint density at radius 2 is 1.54 bits per heavy atom. The standard InChI is InChI=1S/C40H39N3O3/c1-2-28-26-43(23-21-29(28)24-37(43)39(46)34-20-22-41-36-19-18-33(44)25-35(34)36)27-38(45)42-40(30-12-6-3-7-13-30,31-14-8-4-9-15-31)32-16-10-5-11-17-32/h2-20,22,25,28-29,37,39,46H,1,21,23-24,26-27H2,(H-,42,44,45)/p+1/t28?,29?,37?,39?,43-/m0/s1. The number of hydrogen-bond acceptors (Lipinski definition) is 4. The summed E-state index contributed by atoms with van der Waals surface area (Å²) in [4.78, 5) is 19.2. The van der Waals surface area contributed by atoms with Crippen molar-refractivity contribution in [3.63, 3.8) is 0 Å². The van der Waals surface area contributed by atoms with E-state index in [0.717, 1.165) is 59.1 Å². The summed E-state index contributed by atoms with van der Waals surface area (Å²) in [5, 5.41) is 26.8. The third-order valence-corrected chi connectivity index (χ3v) is 10.5. The molecule has 1 aromatic heterocycles. The van der Waals surface area contributed by atoms with Crippen molar-refractivity contribution in [2.75, 3.05) is 19.6 Å². The number of quaternary nitrogens is 1. The first-order valence-electron chi connectivity index (χ1n) is 16.2. The molecule has 3 fully saturated rings. The largest absolute Gasteiger partial charge is 0.508 e. The molecule has 3 saturated heterocycles. The molecule has 5 aromatic rings. The van der Waals surface area contributed by atoms with Crippen LogP contribution in [0.25, 0.3) is 10.9 Å². The zero-order valence-corrected chi connectivity index (χ0v) is 25.9. The predicted molar refractivity (Wildman–Crippen MR) is 181 cm³/mol. The molecule has 5 atom stereocenters. The van der Waals surface area contributed by atoms with E-state index in [4.69, 9.17) is 0 Å². The smallest absolute Gasteiger partial charge is 0.276 e. The van der Waals surface area contributed by atoms with Crippen molar-refractivity contribution in [2.45, 2.75) is 30.5 Å². The number of carbonyl (C=O) groups is 1. The minimum Gasteiger partial charge on any atom is -0.508 e. The summed E-state index contributed by atoms with van der Waals surface area (Å²) in [5.74, 6) is 0.728. The highest BCUT2D eigenvalue weighted by molar-refractivity contribution is 5.84. The molecule has 6 heteroatoms. The van der Waals surface area contributed by atoms with Crippen LogP contribution in [0.1, 0.15) is 41.2 Å². The first kappa shape index (κ1) is 29.9. The van der Waals surface area contributed by atoms with E-state index in [1.807, 2.05) is 66.7 Å². The van der Waals surface area contributed by atoms with Crippen LogP contribution in [0.2, 0.25) is 0 Å². The van der Waals surface area contributed by atoms with Gasteiger partial charge in [-0.2, -0.15) is 0 Å². The summed E-state index contributed by atoms with van der Waals surface area (Å²) in [5.41, 5.74) is 3.46. The van der Waals surface area contributed by atoms with E-state index in [1.54, 1.807) is 24.4 Å². The molecular formula is C40H40N3O3+. The van der Waals surface area contributed by atoms with Crippen LogP contribution >= 0.6 is 0 Å². The number of nitrogens with one attached hydrogen (secondary N) is 1. The second kappa shape index (κ2) is 12.2. The molecule has 4 unspecified atom stereocenters. The number of phenols is 1. The highest BCUT2D eigenvalue weighted by atomic mass is 16.3. The van der Waals surface area contributed by atoms with Crippen LogP contribution in [0.3, 0.4) is 0 Å². The van der Waals surface area contributed by atoms with Gasteiger partial charge in [-0.25, -0.2) is 0 Å². The van der Waals surface area contributed by atoms with Gasteiger partial charge in [0, 0.05) is 30.3 Å². The number of aromatic nitrogens is 1. The number of aliphatic hydroxyl groups is 1. The Bertz CT molecular complexity index is 1750. The molecular weight excluding hydrogens is 570 g/mol. The van der Waals surface area contributed by atoms with Crippen LogP contribution in [-0.4, -0.2) is 51.3 Å². The lowest BCUT2D eigenvalue weighted by atomic mass is 9.71. The van der Waals surface area contributed by atoms with Crippen molar-refractivity contribution in [2.24, 2.45) is 11.8 Å². The monoisotopic (exact) mass is 610 g/mol. The lowest BCUT2D eigenvalue weighted by molar-refractivity contribution is -0.966. The number of phenolic OH excluding ortho intramolecular Hbond substituents is 1. The molecule has 3 aliphatic heterocycles. The van der Waals surface area contributed by atoms with Crippen LogP contribution in [0, 0.1) is 11.8 Å². The third kappa shape index (κ3) is 5.17. The Kier molecular flexibility index (Phi) is 7.93. The molecule has 0 saturated carbocycles. The SMILES string of the molecule is C=CC1C[N@+]2(CC(=O)NC(c3ccccc3)(c3ccccc3)c3ccccc3)CCC1CC2C(O)c1ccnc2ccc(O)cc12. The van der Waals surface area contributed by atoms with Gasteiger partial charge in [0.05, 0.1) is 18.6 Å². The van der Waals surface area contributed by atoms with Gasteiger partial charge >= 0.3 is 0 Å². The van der Waals surface area contributed by atoms with Crippen molar-refractivity contribution in [3.05, 3.63) is 156 Å². The number of nitrogens with zero attached hydrogens (tertiary/aromatic N) is 2. The molecule has 0 spiro atoms. The van der Waals surface area contributed by atoms with Gasteiger partial charge in [-0.15, -0.1) is 6.58 Å². The molecule has 0 aliphatic carbocycles. The minimum absolute atomic E-state index is 0.0749. The average Bonchev–Trinajstić information content (AvgIpc) is 3.11. The zero-order valence-electron chi connectivity index (χ0n) is 25.9. The van der Waals surface area contributed by atoms with E-state index in [-0.39, 0.29) is 30.2 Å². The van der Waals surface area contributed by atoms with E-state index in [0.29, 0.717) is 10.4 Å². The molecule has 3 N–H and O–H groups in total. The number of rotatable bonds is 9. The van der Waals surface area contributed by atoms with Crippen LogP contribution < -0.4 is 5.32 Å². The van der Waals surface area contributed by atoms with Crippen molar-refractivity contribution in [3.8, 4) is 5.75 Å². The molecule has 8 rings (SSSR count). The van der Waals surface area contributed by atoms with Gasteiger partial charge < -0.3 is 20.0 Å². The number of benzene rings is 4. The number of carbonyl (C=O) groups excluding carboxylic acids is 1. The van der Waals surface area contributed by atoms with E-state index >= 15 is 0 Å². The van der Waals surface area contributed by atoms with Gasteiger partial charge in [-0.1, -0.05) is 97.1 Å². The normalized spacial score (nSPS) is 23.1. The summed E-state index contributed by atoms with van der Waals surface area (Å²) in [7, 11) is 0. The van der Waals surface area contributed by atoms with Gasteiger partial charge in [0.25, 0.3) is 5.91 Å². The molecule has 0 radical (unpaired) electrons. The van der Waals surface area contributed by atoms with Gasteiger partial charge in [0.1, 0.15) is 23.4 Å². The summed E-state index contributed by atoms with van der Waals surface area (Å²) < 4.78 is 0.470. The number of fused-ring (bicyclic) bond motifs is 4. The predicted octanol–water partition coefficient (Wildman–Crippen LogP) is 6.49. The number of aliphatic hydroxyl groups excluding tert-OH is 1. The minimum atomic E-state index is -0.919. The Hall–Kier alpha value is -4.78. The summed E-state index contributed by atoms with van der Waals surface area (Å²) in [6.07, 6.45) is 4.68. The van der Waals surface area contributed by atoms with Gasteiger partial charge in [-0.3, -0.25) is 9.78 Å². The first-order chi connectivity index (χ1) is 22.4. The lowest BCUT2D eigenvalue weighted by Crippen LogP contribution is -2.70. The van der Waals surface area contributed by atoms with Crippen LogP contribution in [0.15, 0.2) is 134 Å². The molecule has 6 nitrogen and oxygen atoms in total. The van der Waals surface area contributed by atoms with Crippen molar-refractivity contribution in [1.82, 2.24) is 10.3 Å². The number of pyridine rings is 1. The number of aromatic hydroxyl groups is 1. The van der Waals surface area contributed by atoms with Crippen LogP contribution in [0.4, 0.5) is 0 Å². The second-order valence-corrected chi connectivity index (χ2v) is 13.0. The van der Waals surface area contributed by atoms with E-state index in [9.17, 15) is 15.0 Å². The molecule has 2 bridgehead atoms. The summed E-state index contributed by atoms with van der Waals surface area (Å²) in [6.45, 7) is 5.93. The van der Waals surface area contributed by atoms with Gasteiger partial charge in [0.15, 0.2) is 6.54 Å². The fourth-order valence-corrected chi connectivity index (χ4v) is 8.32. The maximum absolute atomic E-state index is 14.7. The fraction of sp³-hybridized carbons (Fsp3) is 0.250. The fourth-order valence-electron chi connectivity index (χ4n) is 8.32. The molecule has 1 amide bonds. The molecule has 232 valence electrons. The van der Waals surface area contributed by atoms with Crippen LogP contribution in [-0.2, 0) is 10.3 Å². The maximum Gasteiger partial charge on any atom is 0.276 e. The molecule has 4 heterocycles. The molecule has 3 aliphatic rings. The van der Waals surface area contributed by atoms with Crippen molar-refractivity contribution in [1.29, 1.82) is 0 Å². The average molecular weight is 611 g/mol. The Morgan fingerprint density at radius 1 is 0.935 bits per heavy atom. The zero-order chi connectivity index (χ0) is 31.7. The third-order valence-electron chi connectivity index (χ3n) is 10.5. The van der Waals surface area contributed by atoms with Gasteiger partial charge in [-0.05, 0) is 52.4 Å². The lowest BCUT2D eigenvalue weighted by Gasteiger charge is -2.57. The van der Waals surface area contributed by atoms with E-state index < -0.39 is 11.6 Å². The Morgan fingerprint density at radius 3 is 2.13 bits per heavy atom. The second-order valence-electron chi connectivity index (χ2n) is 13.0. The highest BCUT2D eigenvalue weighted by Gasteiger charge is 2.55. The molecule has 4 aromatic carbocycles. The van der Waals surface area contributed by atoms with Gasteiger partial charge in [0.2, 0.25) is 0 Å². The van der Waals surface area contributed by atoms with Crippen LogP contribution in [0.5, 0.6) is 5.75 Å². The van der Waals surface area contributed by atoms with Crippen molar-refractivity contribution >= 4 is 16.8 Å². The Labute approximate surface area is 270 Å². The quantitative estimate of drug-likeness (QED) is 0.101. The van der Waals surface area contributed by atoms with E-state index in [2.05, 4.69) is 53.3 Å². The number of amides is 1. The topological polar surface area (TPSA) is 82.5 Å². The van der Waals surface area contributed by atoms with Crippen molar-refractivity contribution < 1.29 is 19.5 Å². The highest BCUT2D eigenvalue weighted by Crippen LogP contribution is 2.47.